The van der Waals surface area contributed by atoms with Crippen molar-refractivity contribution in [1.29, 1.82) is 0 Å². The summed E-state index contributed by atoms with van der Waals surface area (Å²) in [6, 6.07) is 8.95. The molecule has 1 fully saturated rings. The molecule has 0 unspecified atom stereocenters. The van der Waals surface area contributed by atoms with Crippen LogP contribution in [-0.4, -0.2) is 49.5 Å². The number of hydrogen-bond donors (Lipinski definition) is 2. The lowest BCUT2D eigenvalue weighted by molar-refractivity contribution is 0.134. The number of nitrogens with zero attached hydrogens (tertiary/aromatic N) is 1. The van der Waals surface area contributed by atoms with Gasteiger partial charge >= 0.3 is 6.03 Å². The van der Waals surface area contributed by atoms with Crippen LogP contribution in [0.5, 0.6) is 0 Å². The molecule has 0 aromatic heterocycles. The fourth-order valence-electron chi connectivity index (χ4n) is 4.28. The van der Waals surface area contributed by atoms with Gasteiger partial charge in [-0.3, -0.25) is 4.72 Å². The van der Waals surface area contributed by atoms with Gasteiger partial charge in [0, 0.05) is 13.1 Å². The molecule has 1 aliphatic heterocycles. The summed E-state index contributed by atoms with van der Waals surface area (Å²) in [5.74, 6) is -1.20. The highest BCUT2D eigenvalue weighted by molar-refractivity contribution is 7.96. The molecule has 8 heteroatoms. The van der Waals surface area contributed by atoms with Crippen molar-refractivity contribution in [3.05, 3.63) is 59.2 Å². The molecular weight excluding hydrogens is 408 g/mol. The van der Waals surface area contributed by atoms with Crippen molar-refractivity contribution in [2.75, 3.05) is 32.6 Å². The lowest BCUT2D eigenvalue weighted by Crippen LogP contribution is -2.47. The molecular formula is C22H25F2N3O2S. The van der Waals surface area contributed by atoms with E-state index >= 15 is 0 Å². The first kappa shape index (κ1) is 21.1. The van der Waals surface area contributed by atoms with Crippen molar-refractivity contribution in [2.45, 2.75) is 24.9 Å². The van der Waals surface area contributed by atoms with Gasteiger partial charge in [0.05, 0.1) is 30.9 Å². The standard InChI is InChI=1S/C22H25F2N3O2S/c1-30-26-15-12-27(10-11-29-13-15)22(28)25-19-9-8-14-4-2-5-16(20(14)19)21-17(23)6-3-7-18(21)24/h2-7,15,19,26H,8-13H2,1H3,(H,25,28)/t15-,19+/m0/s1. The van der Waals surface area contributed by atoms with E-state index in [-0.39, 0.29) is 23.7 Å². The maximum absolute atomic E-state index is 14.5. The lowest BCUT2D eigenvalue weighted by Gasteiger charge is -2.26. The van der Waals surface area contributed by atoms with E-state index in [0.29, 0.717) is 38.3 Å². The van der Waals surface area contributed by atoms with Crippen LogP contribution >= 0.6 is 11.9 Å². The maximum atomic E-state index is 14.5. The summed E-state index contributed by atoms with van der Waals surface area (Å²) in [6.07, 6.45) is 3.39. The zero-order valence-electron chi connectivity index (χ0n) is 16.8. The molecule has 2 aromatic carbocycles. The number of urea groups is 1. The summed E-state index contributed by atoms with van der Waals surface area (Å²) >= 11 is 1.50. The largest absolute Gasteiger partial charge is 0.378 e. The van der Waals surface area contributed by atoms with Crippen LogP contribution in [0.25, 0.3) is 11.1 Å². The highest BCUT2D eigenvalue weighted by Gasteiger charge is 2.31. The number of aryl methyl sites for hydroxylation is 1. The van der Waals surface area contributed by atoms with Gasteiger partial charge in [0.1, 0.15) is 11.6 Å². The zero-order chi connectivity index (χ0) is 21.1. The van der Waals surface area contributed by atoms with Crippen LogP contribution in [-0.2, 0) is 11.2 Å². The quantitative estimate of drug-likeness (QED) is 0.719. The van der Waals surface area contributed by atoms with Crippen molar-refractivity contribution >= 4 is 18.0 Å². The molecule has 4 rings (SSSR count). The number of rotatable bonds is 4. The molecule has 2 aromatic rings. The third-order valence-electron chi connectivity index (χ3n) is 5.61. The summed E-state index contributed by atoms with van der Waals surface area (Å²) in [5, 5.41) is 3.10. The Morgan fingerprint density at radius 1 is 1.20 bits per heavy atom. The average molecular weight is 434 g/mol. The Hall–Kier alpha value is -2.16. The fraction of sp³-hybridized carbons (Fsp3) is 0.409. The minimum atomic E-state index is -0.601. The monoisotopic (exact) mass is 433 g/mol. The Morgan fingerprint density at radius 3 is 2.73 bits per heavy atom. The van der Waals surface area contributed by atoms with E-state index in [1.54, 1.807) is 11.0 Å². The Bertz CT molecular complexity index is 907. The number of halogens is 2. The molecule has 1 aliphatic carbocycles. The highest BCUT2D eigenvalue weighted by Crippen LogP contribution is 2.40. The van der Waals surface area contributed by atoms with Gasteiger partial charge < -0.3 is 15.0 Å². The number of carbonyl (C=O) groups is 1. The predicted molar refractivity (Wildman–Crippen MR) is 114 cm³/mol. The van der Waals surface area contributed by atoms with E-state index in [9.17, 15) is 13.6 Å². The number of benzene rings is 2. The summed E-state index contributed by atoms with van der Waals surface area (Å²) in [7, 11) is 0. The summed E-state index contributed by atoms with van der Waals surface area (Å²) < 4.78 is 37.8. The predicted octanol–water partition coefficient (Wildman–Crippen LogP) is 3.90. The highest BCUT2D eigenvalue weighted by atomic mass is 32.2. The third kappa shape index (κ3) is 4.31. The van der Waals surface area contributed by atoms with Crippen LogP contribution in [0.4, 0.5) is 13.6 Å². The fourth-order valence-corrected chi connectivity index (χ4v) is 4.75. The van der Waals surface area contributed by atoms with E-state index < -0.39 is 11.6 Å². The molecule has 2 aliphatic rings. The number of ether oxygens (including phenoxy) is 1. The molecule has 2 atom stereocenters. The molecule has 0 saturated carbocycles. The Labute approximate surface area is 179 Å². The molecule has 160 valence electrons. The molecule has 0 spiro atoms. The second-order valence-corrected chi connectivity index (χ2v) is 8.20. The van der Waals surface area contributed by atoms with E-state index in [0.717, 1.165) is 17.5 Å². The number of carbonyl (C=O) groups excluding carboxylic acids is 1. The van der Waals surface area contributed by atoms with E-state index in [1.165, 1.54) is 30.1 Å². The third-order valence-corrected chi connectivity index (χ3v) is 6.18. The van der Waals surface area contributed by atoms with Gasteiger partial charge in [0.25, 0.3) is 0 Å². The first-order valence-electron chi connectivity index (χ1n) is 10.1. The van der Waals surface area contributed by atoms with Crippen LogP contribution < -0.4 is 10.0 Å². The SMILES string of the molecule is CSN[C@@H]1COCCN(C(=O)N[C@@H]2CCc3cccc(-c4c(F)cccc4F)c32)C1. The van der Waals surface area contributed by atoms with Gasteiger partial charge in [-0.05, 0) is 47.9 Å². The molecule has 30 heavy (non-hydrogen) atoms. The van der Waals surface area contributed by atoms with Crippen molar-refractivity contribution in [1.82, 2.24) is 14.9 Å². The summed E-state index contributed by atoms with van der Waals surface area (Å²) in [4.78, 5) is 14.8. The van der Waals surface area contributed by atoms with Gasteiger partial charge in [-0.2, -0.15) is 0 Å². The Kier molecular flexibility index (Phi) is 6.55. The maximum Gasteiger partial charge on any atom is 0.318 e. The molecule has 0 radical (unpaired) electrons. The molecule has 1 saturated heterocycles. The molecule has 2 amide bonds. The lowest BCUT2D eigenvalue weighted by atomic mass is 9.94. The topological polar surface area (TPSA) is 53.6 Å². The smallest absolute Gasteiger partial charge is 0.318 e. The number of fused-ring (bicyclic) bond motifs is 1. The Morgan fingerprint density at radius 2 is 1.97 bits per heavy atom. The van der Waals surface area contributed by atoms with Crippen molar-refractivity contribution in [3.63, 3.8) is 0 Å². The van der Waals surface area contributed by atoms with Crippen LogP contribution in [0.2, 0.25) is 0 Å². The molecule has 0 bridgehead atoms. The zero-order valence-corrected chi connectivity index (χ0v) is 17.6. The second kappa shape index (κ2) is 9.32. The molecule has 2 N–H and O–H groups in total. The van der Waals surface area contributed by atoms with Gasteiger partial charge in [-0.15, -0.1) is 0 Å². The number of nitrogens with one attached hydrogen (secondary N) is 2. The summed E-state index contributed by atoms with van der Waals surface area (Å²) in [6.45, 7) is 2.07. The van der Waals surface area contributed by atoms with E-state index in [2.05, 4.69) is 10.0 Å². The van der Waals surface area contributed by atoms with E-state index in [1.807, 2.05) is 18.4 Å². The second-order valence-electron chi connectivity index (χ2n) is 7.56. The van der Waals surface area contributed by atoms with Gasteiger partial charge in [0.15, 0.2) is 0 Å². The van der Waals surface area contributed by atoms with Crippen LogP contribution in [0, 0.1) is 11.6 Å². The van der Waals surface area contributed by atoms with Gasteiger partial charge in [0.2, 0.25) is 0 Å². The first-order valence-corrected chi connectivity index (χ1v) is 11.3. The van der Waals surface area contributed by atoms with E-state index in [4.69, 9.17) is 4.74 Å². The number of hydrogen-bond acceptors (Lipinski definition) is 4. The molecule has 5 nitrogen and oxygen atoms in total. The Balaban J connectivity index is 1.58. The minimum Gasteiger partial charge on any atom is -0.378 e. The van der Waals surface area contributed by atoms with Gasteiger partial charge in [-0.1, -0.05) is 36.2 Å². The van der Waals surface area contributed by atoms with Crippen molar-refractivity contribution in [3.8, 4) is 11.1 Å². The summed E-state index contributed by atoms with van der Waals surface area (Å²) in [5.41, 5.74) is 2.29. The van der Waals surface area contributed by atoms with Gasteiger partial charge in [-0.25, -0.2) is 13.6 Å². The van der Waals surface area contributed by atoms with Crippen molar-refractivity contribution in [2.24, 2.45) is 0 Å². The van der Waals surface area contributed by atoms with Crippen molar-refractivity contribution < 1.29 is 18.3 Å². The average Bonchev–Trinajstić information content (AvgIpc) is 2.98. The normalized spacial score (nSPS) is 21.2. The first-order chi connectivity index (χ1) is 14.6. The van der Waals surface area contributed by atoms with Crippen LogP contribution in [0.3, 0.4) is 0 Å². The van der Waals surface area contributed by atoms with Crippen LogP contribution in [0.15, 0.2) is 36.4 Å². The van der Waals surface area contributed by atoms with Crippen LogP contribution in [0.1, 0.15) is 23.6 Å². The minimum absolute atomic E-state index is 0.0390. The molecule has 1 heterocycles. The number of amides is 2.